The van der Waals surface area contributed by atoms with Crippen LogP contribution in [0.2, 0.25) is 0 Å². The molecule has 98 valence electrons. The van der Waals surface area contributed by atoms with Crippen LogP contribution < -0.4 is 10.6 Å². The van der Waals surface area contributed by atoms with Crippen molar-refractivity contribution in [3.8, 4) is 18.2 Å². The SMILES string of the molecule is CC(=O)Nc1cccc(NC(C#N)=C(C#N)C#N)c1C. The molecule has 1 rings (SSSR count). The van der Waals surface area contributed by atoms with E-state index in [9.17, 15) is 4.79 Å². The fourth-order valence-electron chi connectivity index (χ4n) is 1.51. The minimum absolute atomic E-state index is 0.127. The molecule has 2 N–H and O–H groups in total. The molecule has 0 fully saturated rings. The first-order chi connectivity index (χ1) is 9.53. The van der Waals surface area contributed by atoms with Gasteiger partial charge < -0.3 is 10.6 Å². The van der Waals surface area contributed by atoms with E-state index >= 15 is 0 Å². The Labute approximate surface area is 116 Å². The van der Waals surface area contributed by atoms with Crippen LogP contribution in [0.4, 0.5) is 11.4 Å². The molecule has 1 aromatic rings. The van der Waals surface area contributed by atoms with Crippen LogP contribution >= 0.6 is 0 Å². The van der Waals surface area contributed by atoms with Gasteiger partial charge in [0.1, 0.15) is 23.9 Å². The molecule has 20 heavy (non-hydrogen) atoms. The van der Waals surface area contributed by atoms with Crippen molar-refractivity contribution < 1.29 is 4.79 Å². The third kappa shape index (κ3) is 3.35. The van der Waals surface area contributed by atoms with Crippen molar-refractivity contribution in [3.63, 3.8) is 0 Å². The molecule has 0 saturated heterocycles. The van der Waals surface area contributed by atoms with E-state index in [0.717, 1.165) is 0 Å². The molecule has 0 heterocycles. The second kappa shape index (κ2) is 6.58. The van der Waals surface area contributed by atoms with Gasteiger partial charge in [-0.1, -0.05) is 6.07 Å². The lowest BCUT2D eigenvalue weighted by atomic mass is 10.1. The summed E-state index contributed by atoms with van der Waals surface area (Å²) in [6.45, 7) is 3.14. The highest BCUT2D eigenvalue weighted by Crippen LogP contribution is 2.24. The number of nitriles is 3. The highest BCUT2D eigenvalue weighted by Gasteiger charge is 2.10. The number of carbonyl (C=O) groups excluding carboxylic acids is 1. The number of nitrogens with zero attached hydrogens (tertiary/aromatic N) is 3. The Balaban J connectivity index is 3.21. The van der Waals surface area contributed by atoms with Crippen molar-refractivity contribution >= 4 is 17.3 Å². The molecule has 0 aliphatic rings. The fourth-order valence-corrected chi connectivity index (χ4v) is 1.51. The number of hydrogen-bond donors (Lipinski definition) is 2. The van der Waals surface area contributed by atoms with Gasteiger partial charge in [0.2, 0.25) is 5.91 Å². The lowest BCUT2D eigenvalue weighted by Gasteiger charge is -2.12. The van der Waals surface area contributed by atoms with E-state index < -0.39 is 0 Å². The molecule has 0 spiro atoms. The maximum atomic E-state index is 11.1. The van der Waals surface area contributed by atoms with E-state index in [0.29, 0.717) is 16.9 Å². The average molecular weight is 265 g/mol. The van der Waals surface area contributed by atoms with Crippen LogP contribution in [-0.2, 0) is 4.79 Å². The van der Waals surface area contributed by atoms with Crippen molar-refractivity contribution in [2.75, 3.05) is 10.6 Å². The van der Waals surface area contributed by atoms with Crippen molar-refractivity contribution in [3.05, 3.63) is 35.0 Å². The summed E-state index contributed by atoms with van der Waals surface area (Å²) in [6, 6.07) is 10.2. The number of hydrogen-bond acceptors (Lipinski definition) is 5. The molecule has 0 aliphatic heterocycles. The molecule has 0 radical (unpaired) electrons. The third-order valence-corrected chi connectivity index (χ3v) is 2.49. The molecule has 1 aromatic carbocycles. The molecular weight excluding hydrogens is 254 g/mol. The van der Waals surface area contributed by atoms with Gasteiger partial charge in [0.05, 0.1) is 0 Å². The monoisotopic (exact) mass is 265 g/mol. The van der Waals surface area contributed by atoms with Crippen LogP contribution in [0.3, 0.4) is 0 Å². The van der Waals surface area contributed by atoms with Crippen LogP contribution in [-0.4, -0.2) is 5.91 Å². The Morgan fingerprint density at radius 2 is 1.60 bits per heavy atom. The zero-order chi connectivity index (χ0) is 15.1. The number of amides is 1. The fraction of sp³-hybridized carbons (Fsp3) is 0.143. The van der Waals surface area contributed by atoms with Gasteiger partial charge in [0, 0.05) is 18.3 Å². The maximum Gasteiger partial charge on any atom is 0.221 e. The molecule has 0 bridgehead atoms. The molecule has 6 nitrogen and oxygen atoms in total. The number of allylic oxidation sites excluding steroid dienone is 2. The van der Waals surface area contributed by atoms with Crippen LogP contribution in [0.5, 0.6) is 0 Å². The second-order valence-corrected chi connectivity index (χ2v) is 3.87. The predicted molar refractivity (Wildman–Crippen MR) is 73.0 cm³/mol. The van der Waals surface area contributed by atoms with E-state index in [2.05, 4.69) is 10.6 Å². The summed E-state index contributed by atoms with van der Waals surface area (Å²) in [7, 11) is 0. The normalized spacial score (nSPS) is 8.55. The van der Waals surface area contributed by atoms with Gasteiger partial charge >= 0.3 is 0 Å². The summed E-state index contributed by atoms with van der Waals surface area (Å²) in [5.41, 5.74) is 1.41. The Bertz CT molecular complexity index is 682. The summed E-state index contributed by atoms with van der Waals surface area (Å²) < 4.78 is 0. The summed E-state index contributed by atoms with van der Waals surface area (Å²) in [5.74, 6) is -0.212. The minimum atomic E-state index is -0.295. The van der Waals surface area contributed by atoms with Crippen LogP contribution in [0.25, 0.3) is 0 Å². The predicted octanol–water partition coefficient (Wildman–Crippen LogP) is 2.19. The van der Waals surface area contributed by atoms with Crippen LogP contribution in [0.15, 0.2) is 29.5 Å². The number of benzene rings is 1. The Kier molecular flexibility index (Phi) is 4.86. The number of nitrogens with one attached hydrogen (secondary N) is 2. The van der Waals surface area contributed by atoms with Gasteiger partial charge in [-0.05, 0) is 24.6 Å². The minimum Gasteiger partial charge on any atom is -0.345 e. The maximum absolute atomic E-state index is 11.1. The summed E-state index contributed by atoms with van der Waals surface area (Å²) in [4.78, 5) is 11.1. The first-order valence-corrected chi connectivity index (χ1v) is 5.62. The summed E-state index contributed by atoms with van der Waals surface area (Å²) >= 11 is 0. The first-order valence-electron chi connectivity index (χ1n) is 5.62. The molecule has 0 aliphatic carbocycles. The number of rotatable bonds is 3. The molecule has 0 aromatic heterocycles. The van der Waals surface area contributed by atoms with Gasteiger partial charge in [-0.25, -0.2) is 0 Å². The largest absolute Gasteiger partial charge is 0.345 e. The zero-order valence-electron chi connectivity index (χ0n) is 11.0. The topological polar surface area (TPSA) is 112 Å². The Morgan fingerprint density at radius 1 is 1.05 bits per heavy atom. The quantitative estimate of drug-likeness (QED) is 0.813. The van der Waals surface area contributed by atoms with Crippen molar-refractivity contribution in [1.29, 1.82) is 15.8 Å². The molecule has 1 amide bonds. The van der Waals surface area contributed by atoms with Crippen molar-refractivity contribution in [1.82, 2.24) is 0 Å². The molecule has 6 heteroatoms. The Morgan fingerprint density at radius 3 is 2.05 bits per heavy atom. The van der Waals surface area contributed by atoms with Gasteiger partial charge in [-0.3, -0.25) is 4.79 Å². The van der Waals surface area contributed by atoms with Crippen LogP contribution in [0, 0.1) is 40.9 Å². The van der Waals surface area contributed by atoms with Gasteiger partial charge in [-0.2, -0.15) is 15.8 Å². The van der Waals surface area contributed by atoms with E-state index in [1.807, 2.05) is 0 Å². The summed E-state index contributed by atoms with van der Waals surface area (Å²) in [6.07, 6.45) is 0. The van der Waals surface area contributed by atoms with Crippen molar-refractivity contribution in [2.45, 2.75) is 13.8 Å². The smallest absolute Gasteiger partial charge is 0.221 e. The van der Waals surface area contributed by atoms with Gasteiger partial charge in [-0.15, -0.1) is 0 Å². The Hall–Kier alpha value is -3.30. The summed E-state index contributed by atoms with van der Waals surface area (Å²) in [5, 5.41) is 31.9. The highest BCUT2D eigenvalue weighted by molar-refractivity contribution is 5.90. The van der Waals surface area contributed by atoms with E-state index in [1.165, 1.54) is 6.92 Å². The van der Waals surface area contributed by atoms with E-state index in [-0.39, 0.29) is 17.2 Å². The van der Waals surface area contributed by atoms with Crippen molar-refractivity contribution in [2.24, 2.45) is 0 Å². The second-order valence-electron chi connectivity index (χ2n) is 3.87. The molecule has 0 unspecified atom stereocenters. The first kappa shape index (κ1) is 14.8. The van der Waals surface area contributed by atoms with E-state index in [4.69, 9.17) is 15.8 Å². The number of carbonyl (C=O) groups is 1. The number of anilines is 2. The van der Waals surface area contributed by atoms with Gasteiger partial charge in [0.15, 0.2) is 5.57 Å². The standard InChI is InChI=1S/C14H11N5O/c1-9-12(18-10(2)20)4-3-5-13(9)19-14(8-17)11(6-15)7-16/h3-5,19H,1-2H3,(H,18,20). The van der Waals surface area contributed by atoms with Crippen LogP contribution in [0.1, 0.15) is 12.5 Å². The molecule has 0 saturated carbocycles. The highest BCUT2D eigenvalue weighted by atomic mass is 16.1. The third-order valence-electron chi connectivity index (χ3n) is 2.49. The lowest BCUT2D eigenvalue weighted by Crippen LogP contribution is -2.09. The average Bonchev–Trinajstić information content (AvgIpc) is 2.42. The van der Waals surface area contributed by atoms with E-state index in [1.54, 1.807) is 43.3 Å². The zero-order valence-corrected chi connectivity index (χ0v) is 11.0. The lowest BCUT2D eigenvalue weighted by molar-refractivity contribution is -0.114. The molecule has 0 atom stereocenters. The molecular formula is C14H11N5O. The van der Waals surface area contributed by atoms with Gasteiger partial charge in [0.25, 0.3) is 0 Å².